The number of hydrogen-bond donors (Lipinski definition) is 12. The summed E-state index contributed by atoms with van der Waals surface area (Å²) in [6.07, 6.45) is 42.1. The van der Waals surface area contributed by atoms with Crippen molar-refractivity contribution in [1.29, 1.82) is 0 Å². The van der Waals surface area contributed by atoms with Gasteiger partial charge in [0, 0.05) is 6.42 Å². The van der Waals surface area contributed by atoms with Gasteiger partial charge in [-0.25, -0.2) is 0 Å². The monoisotopic (exact) mass is 1260 g/mol. The van der Waals surface area contributed by atoms with Crippen LogP contribution in [0, 0.1) is 0 Å². The molecule has 0 saturated carbocycles. The maximum Gasteiger partial charge on any atom is 0.220 e. The fraction of sp³-hybridized carbons (Fsp3) is 0.700. The minimum absolute atomic E-state index is 0.221. The fourth-order valence-corrected chi connectivity index (χ4v) is 10.4. The van der Waals surface area contributed by atoms with Gasteiger partial charge >= 0.3 is 0 Å². The third-order valence-electron chi connectivity index (χ3n) is 15.8. The molecule has 3 aliphatic rings. The summed E-state index contributed by atoms with van der Waals surface area (Å²) in [5, 5.41) is 120. The summed E-state index contributed by atoms with van der Waals surface area (Å²) in [6, 6.07) is -0.986. The molecular formula is C70H115NO18. The van der Waals surface area contributed by atoms with Crippen molar-refractivity contribution in [2.45, 2.75) is 285 Å². The van der Waals surface area contributed by atoms with Crippen molar-refractivity contribution >= 4 is 5.91 Å². The van der Waals surface area contributed by atoms with Crippen molar-refractivity contribution < 1.29 is 89.4 Å². The molecule has 19 heteroatoms. The van der Waals surface area contributed by atoms with Crippen LogP contribution in [0.15, 0.2) is 122 Å². The zero-order valence-corrected chi connectivity index (χ0v) is 53.4. The van der Waals surface area contributed by atoms with Crippen LogP contribution in [-0.4, -0.2) is 193 Å². The van der Waals surface area contributed by atoms with E-state index in [4.69, 9.17) is 28.4 Å². The third-order valence-corrected chi connectivity index (χ3v) is 15.8. The Morgan fingerprint density at radius 3 is 1.21 bits per heavy atom. The topological polar surface area (TPSA) is 307 Å². The van der Waals surface area contributed by atoms with E-state index in [2.05, 4.69) is 129 Å². The van der Waals surface area contributed by atoms with Crippen molar-refractivity contribution in [1.82, 2.24) is 5.32 Å². The molecule has 89 heavy (non-hydrogen) atoms. The Morgan fingerprint density at radius 1 is 0.416 bits per heavy atom. The number of aliphatic hydroxyl groups excluding tert-OH is 11. The molecule has 1 amide bonds. The van der Waals surface area contributed by atoms with Gasteiger partial charge in [0.2, 0.25) is 5.91 Å². The maximum absolute atomic E-state index is 13.3. The third kappa shape index (κ3) is 33.0. The number of allylic oxidation sites excluding steroid dienone is 19. The summed E-state index contributed by atoms with van der Waals surface area (Å²) in [4.78, 5) is 13.3. The number of carbonyl (C=O) groups is 1. The molecule has 0 radical (unpaired) electrons. The molecule has 17 atom stereocenters. The molecule has 3 aliphatic heterocycles. The van der Waals surface area contributed by atoms with Crippen LogP contribution in [0.4, 0.5) is 0 Å². The summed E-state index contributed by atoms with van der Waals surface area (Å²) in [5.41, 5.74) is 0. The molecular weight excluding hydrogens is 1140 g/mol. The first kappa shape index (κ1) is 79.4. The Hall–Kier alpha value is -3.81. The van der Waals surface area contributed by atoms with E-state index in [1.807, 2.05) is 6.08 Å². The molecule has 0 bridgehead atoms. The second-order valence-electron chi connectivity index (χ2n) is 23.2. The van der Waals surface area contributed by atoms with Crippen LogP contribution in [0.25, 0.3) is 0 Å². The van der Waals surface area contributed by atoms with E-state index < -0.39 is 124 Å². The van der Waals surface area contributed by atoms with E-state index in [9.17, 15) is 61.0 Å². The lowest BCUT2D eigenvalue weighted by Gasteiger charge is -2.48. The Labute approximate surface area is 531 Å². The Kier molecular flexibility index (Phi) is 45.3. The Balaban J connectivity index is 1.36. The van der Waals surface area contributed by atoms with Crippen LogP contribution < -0.4 is 5.32 Å². The van der Waals surface area contributed by atoms with Crippen molar-refractivity contribution in [2.24, 2.45) is 0 Å². The minimum Gasteiger partial charge on any atom is -0.394 e. The van der Waals surface area contributed by atoms with Crippen LogP contribution in [0.5, 0.6) is 0 Å². The predicted octanol–water partition coefficient (Wildman–Crippen LogP) is 8.04. The highest BCUT2D eigenvalue weighted by atomic mass is 16.8. The molecule has 3 heterocycles. The van der Waals surface area contributed by atoms with Crippen LogP contribution in [0.3, 0.4) is 0 Å². The summed E-state index contributed by atoms with van der Waals surface area (Å²) in [7, 11) is 0. The van der Waals surface area contributed by atoms with Crippen molar-refractivity contribution in [3.05, 3.63) is 122 Å². The molecule has 3 fully saturated rings. The lowest BCUT2D eigenvalue weighted by atomic mass is 9.96. The molecule has 0 aromatic heterocycles. The van der Waals surface area contributed by atoms with Gasteiger partial charge in [-0.15, -0.1) is 0 Å². The SMILES string of the molecule is CC/C=C\C/C=C\C/C=C\C/C=C\C/C=C\C/C=C\C/C=C\C/C=C\C/C=C\CCCCCCCCCC(=O)NC(COC1OC(CO)C(OC2OC(CO)C(OC3OC(CO)C(O)C(O)C3O)C(O)C2O)C(O)C1O)C(O)/C=C/CCCCCCCCC. The van der Waals surface area contributed by atoms with E-state index in [1.165, 1.54) is 25.7 Å². The van der Waals surface area contributed by atoms with Crippen molar-refractivity contribution in [3.63, 3.8) is 0 Å². The second-order valence-corrected chi connectivity index (χ2v) is 23.2. The molecule has 12 N–H and O–H groups in total. The van der Waals surface area contributed by atoms with E-state index in [-0.39, 0.29) is 18.9 Å². The first-order valence-corrected chi connectivity index (χ1v) is 33.3. The highest BCUT2D eigenvalue weighted by molar-refractivity contribution is 5.76. The van der Waals surface area contributed by atoms with Gasteiger partial charge in [0.1, 0.15) is 73.2 Å². The molecule has 0 aromatic carbocycles. The predicted molar refractivity (Wildman–Crippen MR) is 346 cm³/mol. The molecule has 17 unspecified atom stereocenters. The number of nitrogens with one attached hydrogen (secondary N) is 1. The summed E-state index contributed by atoms with van der Waals surface area (Å²) < 4.78 is 34.2. The number of hydrogen-bond acceptors (Lipinski definition) is 18. The van der Waals surface area contributed by atoms with Gasteiger partial charge in [0.15, 0.2) is 18.9 Å². The van der Waals surface area contributed by atoms with Gasteiger partial charge < -0.3 is 89.9 Å². The minimum atomic E-state index is -1.98. The van der Waals surface area contributed by atoms with Crippen LogP contribution in [-0.2, 0) is 33.2 Å². The van der Waals surface area contributed by atoms with Gasteiger partial charge in [-0.05, 0) is 89.9 Å². The van der Waals surface area contributed by atoms with E-state index in [0.717, 1.165) is 128 Å². The van der Waals surface area contributed by atoms with Gasteiger partial charge in [0.25, 0.3) is 0 Å². The summed E-state index contributed by atoms with van der Waals surface area (Å²) in [5.74, 6) is -0.296. The number of aliphatic hydroxyl groups is 11. The number of rotatable bonds is 48. The quantitative estimate of drug-likeness (QED) is 0.0203. The first-order chi connectivity index (χ1) is 43.3. The number of amides is 1. The van der Waals surface area contributed by atoms with E-state index >= 15 is 0 Å². The van der Waals surface area contributed by atoms with Gasteiger partial charge in [0.05, 0.1) is 38.6 Å². The average Bonchev–Trinajstić information content (AvgIpc) is 1.40. The number of unbranched alkanes of at least 4 members (excludes halogenated alkanes) is 14. The fourth-order valence-electron chi connectivity index (χ4n) is 10.4. The highest BCUT2D eigenvalue weighted by Crippen LogP contribution is 2.33. The van der Waals surface area contributed by atoms with Gasteiger partial charge in [-0.2, -0.15) is 0 Å². The second kappa shape index (κ2) is 50.7. The molecule has 0 aliphatic carbocycles. The molecule has 0 aromatic rings. The lowest BCUT2D eigenvalue weighted by Crippen LogP contribution is -2.66. The van der Waals surface area contributed by atoms with Gasteiger partial charge in [-0.3, -0.25) is 4.79 Å². The zero-order chi connectivity index (χ0) is 64.7. The first-order valence-electron chi connectivity index (χ1n) is 33.3. The van der Waals surface area contributed by atoms with Crippen molar-refractivity contribution in [2.75, 3.05) is 26.4 Å². The molecule has 3 rings (SSSR count). The average molecular weight is 1260 g/mol. The molecule has 508 valence electrons. The Morgan fingerprint density at radius 2 is 0.775 bits per heavy atom. The molecule has 0 spiro atoms. The smallest absolute Gasteiger partial charge is 0.220 e. The molecule has 3 saturated heterocycles. The number of ether oxygens (including phenoxy) is 6. The van der Waals surface area contributed by atoms with E-state index in [0.29, 0.717) is 6.42 Å². The van der Waals surface area contributed by atoms with Crippen LogP contribution in [0.1, 0.15) is 181 Å². The largest absolute Gasteiger partial charge is 0.394 e. The zero-order valence-electron chi connectivity index (χ0n) is 53.4. The Bertz CT molecular complexity index is 2090. The highest BCUT2D eigenvalue weighted by Gasteiger charge is 2.53. The molecule has 19 nitrogen and oxygen atoms in total. The van der Waals surface area contributed by atoms with Gasteiger partial charge in [-0.1, -0.05) is 206 Å². The van der Waals surface area contributed by atoms with Crippen LogP contribution in [0.2, 0.25) is 0 Å². The van der Waals surface area contributed by atoms with E-state index in [1.54, 1.807) is 6.08 Å². The maximum atomic E-state index is 13.3. The summed E-state index contributed by atoms with van der Waals surface area (Å²) in [6.45, 7) is 1.53. The normalized spacial score (nSPS) is 29.0. The number of carbonyl (C=O) groups excluding carboxylic acids is 1. The standard InChI is InChI=1S/C70H115NO18/c1-3-5-7-9-11-13-14-15-16-17-18-19-20-21-22-23-24-25-26-27-28-29-30-31-32-33-34-35-36-37-38-40-42-44-46-48-58(76)71-53(54(75)47-45-43-41-39-12-10-8-6-4-2)52-84-68-64(82)61(79)66(56(50-73)86-68)89-70-65(83)62(80)67(57(51-74)87-70)88-69-63(81)60(78)59(77)55(49-72)85-69/h5,7,11,13,15-16,18-19,21-22,24-25,27-28,30-31,33-34,45,47,53-57,59-70,72-75,77-83H,3-4,6,8-10,12,14,17,20,23,26,29,32,35-44,46,48-52H2,1-2H3,(H,71,76)/b7-5-,13-11-,16-15-,19-18-,22-21-,25-24-,28-27-,31-30-,34-33-,47-45+. The van der Waals surface area contributed by atoms with Crippen molar-refractivity contribution in [3.8, 4) is 0 Å². The lowest BCUT2D eigenvalue weighted by molar-refractivity contribution is -0.379. The van der Waals surface area contributed by atoms with Crippen LogP contribution >= 0.6 is 0 Å². The summed E-state index contributed by atoms with van der Waals surface area (Å²) >= 11 is 0.